The Labute approximate surface area is 101 Å². The number of Topliss-reactive ketones (excluding diaryl/α,β-unsaturated/α-hetero) is 1. The summed E-state index contributed by atoms with van der Waals surface area (Å²) in [6.07, 6.45) is 1.43. The Hall–Kier alpha value is -1.90. The van der Waals surface area contributed by atoms with Gasteiger partial charge in [0.25, 0.3) is 0 Å². The Morgan fingerprint density at radius 2 is 1.94 bits per heavy atom. The van der Waals surface area contributed by atoms with Gasteiger partial charge in [0.15, 0.2) is 5.78 Å². The lowest BCUT2D eigenvalue weighted by atomic mass is 10.00. The van der Waals surface area contributed by atoms with Crippen LogP contribution in [0.5, 0.6) is 0 Å². The fourth-order valence-electron chi connectivity index (χ4n) is 1.54. The first-order valence-electron chi connectivity index (χ1n) is 5.40. The second-order valence-corrected chi connectivity index (χ2v) is 4.16. The van der Waals surface area contributed by atoms with E-state index in [1.807, 2.05) is 32.0 Å². The summed E-state index contributed by atoms with van der Waals surface area (Å²) in [6.45, 7) is 5.28. The number of aliphatic carboxylic acids is 1. The van der Waals surface area contributed by atoms with Crippen LogP contribution in [0.2, 0.25) is 0 Å². The third-order valence-electron chi connectivity index (χ3n) is 2.56. The standard InChI is InChI=1S/C14H16O3/c1-9-4-5-10(2)12(6-9)7-13(11(3)15)8-14(16)17/h4-7H,8H2,1-3H3,(H,16,17)/b13-7+. The van der Waals surface area contributed by atoms with E-state index in [1.54, 1.807) is 6.08 Å². The molecular weight excluding hydrogens is 216 g/mol. The molecule has 0 saturated carbocycles. The monoisotopic (exact) mass is 232 g/mol. The summed E-state index contributed by atoms with van der Waals surface area (Å²) >= 11 is 0. The molecule has 0 aliphatic rings. The number of hydrogen-bond donors (Lipinski definition) is 1. The molecule has 0 unspecified atom stereocenters. The van der Waals surface area contributed by atoms with Crippen molar-refractivity contribution in [1.82, 2.24) is 0 Å². The topological polar surface area (TPSA) is 54.4 Å². The normalized spacial score (nSPS) is 11.4. The molecule has 0 spiro atoms. The van der Waals surface area contributed by atoms with Gasteiger partial charge in [-0.25, -0.2) is 0 Å². The minimum absolute atomic E-state index is 0.201. The van der Waals surface area contributed by atoms with Gasteiger partial charge in [0.1, 0.15) is 0 Å². The van der Waals surface area contributed by atoms with Crippen molar-refractivity contribution in [2.45, 2.75) is 27.2 Å². The maximum Gasteiger partial charge on any atom is 0.307 e. The SMILES string of the molecule is CC(=O)/C(=C/c1cc(C)ccc1C)CC(=O)O. The minimum Gasteiger partial charge on any atom is -0.481 e. The zero-order chi connectivity index (χ0) is 13.0. The van der Waals surface area contributed by atoms with Crippen molar-refractivity contribution in [1.29, 1.82) is 0 Å². The number of aryl methyl sites for hydroxylation is 2. The number of carbonyl (C=O) groups is 2. The maximum absolute atomic E-state index is 11.3. The van der Waals surface area contributed by atoms with Gasteiger partial charge in [-0.3, -0.25) is 9.59 Å². The van der Waals surface area contributed by atoms with E-state index in [0.29, 0.717) is 5.57 Å². The minimum atomic E-state index is -0.989. The van der Waals surface area contributed by atoms with Crippen molar-refractivity contribution in [3.63, 3.8) is 0 Å². The third-order valence-corrected chi connectivity index (χ3v) is 2.56. The van der Waals surface area contributed by atoms with Gasteiger partial charge < -0.3 is 5.11 Å². The van der Waals surface area contributed by atoms with Gasteiger partial charge in [-0.05, 0) is 38.0 Å². The lowest BCUT2D eigenvalue weighted by molar-refractivity contribution is -0.136. The highest BCUT2D eigenvalue weighted by molar-refractivity contribution is 6.01. The highest BCUT2D eigenvalue weighted by Crippen LogP contribution is 2.16. The van der Waals surface area contributed by atoms with Crippen LogP contribution in [0.3, 0.4) is 0 Å². The lowest BCUT2D eigenvalue weighted by Gasteiger charge is -2.05. The predicted octanol–water partition coefficient (Wildman–Crippen LogP) is 2.75. The number of benzene rings is 1. The molecule has 0 saturated heterocycles. The van der Waals surface area contributed by atoms with Gasteiger partial charge >= 0.3 is 5.97 Å². The first-order chi connectivity index (χ1) is 7.90. The molecule has 0 bridgehead atoms. The Balaban J connectivity index is 3.16. The van der Waals surface area contributed by atoms with Crippen molar-refractivity contribution in [2.24, 2.45) is 0 Å². The van der Waals surface area contributed by atoms with Crippen molar-refractivity contribution in [3.05, 3.63) is 40.5 Å². The number of hydrogen-bond acceptors (Lipinski definition) is 2. The summed E-state index contributed by atoms with van der Waals surface area (Å²) in [5.41, 5.74) is 3.34. The van der Waals surface area contributed by atoms with Crippen molar-refractivity contribution in [2.75, 3.05) is 0 Å². The van der Waals surface area contributed by atoms with Gasteiger partial charge in [0, 0.05) is 5.57 Å². The van der Waals surface area contributed by atoms with Crippen LogP contribution in [0.25, 0.3) is 6.08 Å². The van der Waals surface area contributed by atoms with E-state index in [2.05, 4.69) is 0 Å². The molecule has 0 aliphatic heterocycles. The van der Waals surface area contributed by atoms with Crippen LogP contribution in [0.4, 0.5) is 0 Å². The van der Waals surface area contributed by atoms with Crippen LogP contribution in [0.1, 0.15) is 30.0 Å². The summed E-state index contributed by atoms with van der Waals surface area (Å²) in [5, 5.41) is 8.74. The Bertz CT molecular complexity index is 484. The molecule has 1 rings (SSSR count). The average molecular weight is 232 g/mol. The smallest absolute Gasteiger partial charge is 0.307 e. The van der Waals surface area contributed by atoms with E-state index in [4.69, 9.17) is 5.11 Å². The van der Waals surface area contributed by atoms with Crippen molar-refractivity contribution >= 4 is 17.8 Å². The van der Waals surface area contributed by atoms with Gasteiger partial charge in [-0.15, -0.1) is 0 Å². The molecule has 1 aromatic carbocycles. The first kappa shape index (κ1) is 13.2. The molecule has 0 aliphatic carbocycles. The first-order valence-corrected chi connectivity index (χ1v) is 5.40. The predicted molar refractivity (Wildman–Crippen MR) is 66.8 cm³/mol. The van der Waals surface area contributed by atoms with Crippen LogP contribution in [0, 0.1) is 13.8 Å². The summed E-state index contributed by atoms with van der Waals surface area (Å²) in [7, 11) is 0. The second kappa shape index (κ2) is 5.43. The summed E-state index contributed by atoms with van der Waals surface area (Å²) < 4.78 is 0. The molecule has 0 amide bonds. The van der Waals surface area contributed by atoms with Crippen LogP contribution in [0.15, 0.2) is 23.8 Å². The summed E-state index contributed by atoms with van der Waals surface area (Å²) in [4.78, 5) is 22.0. The van der Waals surface area contributed by atoms with E-state index in [-0.39, 0.29) is 12.2 Å². The molecule has 3 nitrogen and oxygen atoms in total. The molecule has 3 heteroatoms. The summed E-state index contributed by atoms with van der Waals surface area (Å²) in [6, 6.07) is 5.89. The molecule has 0 aromatic heterocycles. The molecule has 0 atom stereocenters. The van der Waals surface area contributed by atoms with Gasteiger partial charge in [-0.2, -0.15) is 0 Å². The molecule has 17 heavy (non-hydrogen) atoms. The van der Waals surface area contributed by atoms with Gasteiger partial charge in [0.2, 0.25) is 0 Å². The Kier molecular flexibility index (Phi) is 4.21. The molecular formula is C14H16O3. The van der Waals surface area contributed by atoms with E-state index >= 15 is 0 Å². The van der Waals surface area contributed by atoms with Gasteiger partial charge in [-0.1, -0.05) is 23.8 Å². The fraction of sp³-hybridized carbons (Fsp3) is 0.286. The highest BCUT2D eigenvalue weighted by atomic mass is 16.4. The summed E-state index contributed by atoms with van der Waals surface area (Å²) in [5.74, 6) is -1.19. The van der Waals surface area contributed by atoms with E-state index in [9.17, 15) is 9.59 Å². The molecule has 0 fully saturated rings. The molecule has 90 valence electrons. The molecule has 1 aromatic rings. The third kappa shape index (κ3) is 3.87. The highest BCUT2D eigenvalue weighted by Gasteiger charge is 2.09. The zero-order valence-corrected chi connectivity index (χ0v) is 10.3. The molecule has 1 N–H and O–H groups in total. The second-order valence-electron chi connectivity index (χ2n) is 4.16. The number of ketones is 1. The molecule has 0 radical (unpaired) electrons. The maximum atomic E-state index is 11.3. The van der Waals surface area contributed by atoms with E-state index in [0.717, 1.165) is 16.7 Å². The number of carboxylic acid groups (broad SMARTS) is 1. The van der Waals surface area contributed by atoms with Crippen molar-refractivity contribution < 1.29 is 14.7 Å². The van der Waals surface area contributed by atoms with Crippen LogP contribution in [-0.4, -0.2) is 16.9 Å². The van der Waals surface area contributed by atoms with Crippen LogP contribution in [-0.2, 0) is 9.59 Å². The van der Waals surface area contributed by atoms with Crippen molar-refractivity contribution in [3.8, 4) is 0 Å². The Morgan fingerprint density at radius 1 is 1.29 bits per heavy atom. The number of rotatable bonds is 4. The van der Waals surface area contributed by atoms with Gasteiger partial charge in [0.05, 0.1) is 6.42 Å². The molecule has 0 heterocycles. The zero-order valence-electron chi connectivity index (χ0n) is 10.3. The van der Waals surface area contributed by atoms with E-state index in [1.165, 1.54) is 6.92 Å². The lowest BCUT2D eigenvalue weighted by Crippen LogP contribution is -2.04. The largest absolute Gasteiger partial charge is 0.481 e. The van der Waals surface area contributed by atoms with Crippen LogP contribution >= 0.6 is 0 Å². The number of carboxylic acids is 1. The fourth-order valence-corrected chi connectivity index (χ4v) is 1.54. The van der Waals surface area contributed by atoms with E-state index < -0.39 is 5.97 Å². The average Bonchev–Trinajstić information content (AvgIpc) is 2.21. The Morgan fingerprint density at radius 3 is 2.47 bits per heavy atom. The quantitative estimate of drug-likeness (QED) is 0.812. The van der Waals surface area contributed by atoms with Crippen LogP contribution < -0.4 is 0 Å². The number of carbonyl (C=O) groups excluding carboxylic acids is 1.